The van der Waals surface area contributed by atoms with Crippen molar-refractivity contribution >= 4 is 39.1 Å². The Bertz CT molecular complexity index is 1750. The number of aryl methyl sites for hydroxylation is 1. The van der Waals surface area contributed by atoms with Crippen molar-refractivity contribution in [2.45, 2.75) is 37.0 Å². The van der Waals surface area contributed by atoms with Gasteiger partial charge in [-0.2, -0.15) is 9.46 Å². The van der Waals surface area contributed by atoms with Crippen LogP contribution in [0.15, 0.2) is 52.1 Å². The zero-order valence-electron chi connectivity index (χ0n) is 24.5. The number of carbonyl (C=O) groups excluding carboxylic acids is 2. The van der Waals surface area contributed by atoms with Crippen molar-refractivity contribution < 1.29 is 32.5 Å². The van der Waals surface area contributed by atoms with Crippen molar-refractivity contribution in [3.05, 3.63) is 54.0 Å². The molecule has 234 valence electrons. The number of pyridine rings is 1. The number of carboxylic acid groups (broad SMARTS) is 1. The van der Waals surface area contributed by atoms with Crippen LogP contribution < -0.4 is 10.2 Å². The molecular formula is C29H33F2N7O5S. The molecule has 0 aliphatic carbocycles. The van der Waals surface area contributed by atoms with E-state index in [1.54, 1.807) is 54.3 Å². The molecule has 12 nitrogen and oxygen atoms in total. The van der Waals surface area contributed by atoms with Crippen molar-refractivity contribution in [1.82, 2.24) is 19.7 Å². The van der Waals surface area contributed by atoms with Gasteiger partial charge in [-0.3, -0.25) is 14.3 Å². The zero-order valence-corrected chi connectivity index (χ0v) is 25.3. The van der Waals surface area contributed by atoms with E-state index in [4.69, 9.17) is 5.11 Å². The van der Waals surface area contributed by atoms with Crippen molar-refractivity contribution in [2.24, 2.45) is 17.3 Å². The molecule has 4 heterocycles. The van der Waals surface area contributed by atoms with Crippen LogP contribution in [-0.4, -0.2) is 85.2 Å². The molecule has 0 saturated carbocycles. The maximum absolute atomic E-state index is 14.2. The summed E-state index contributed by atoms with van der Waals surface area (Å²) < 4.78 is 47.3. The maximum atomic E-state index is 14.2. The average Bonchev–Trinajstić information content (AvgIpc) is 3.25. The highest BCUT2D eigenvalue weighted by molar-refractivity contribution is 7.93. The molecule has 0 spiro atoms. The van der Waals surface area contributed by atoms with Crippen LogP contribution in [0, 0.1) is 12.8 Å². The lowest BCUT2D eigenvalue weighted by atomic mass is 9.99. The van der Waals surface area contributed by atoms with E-state index in [9.17, 15) is 27.4 Å². The number of halogens is 2. The summed E-state index contributed by atoms with van der Waals surface area (Å²) >= 11 is 0. The van der Waals surface area contributed by atoms with Crippen LogP contribution in [0.25, 0.3) is 11.1 Å². The maximum Gasteiger partial charge on any atom is 0.407 e. The summed E-state index contributed by atoms with van der Waals surface area (Å²) in [5.74, 6) is -4.35. The first kappa shape index (κ1) is 31.0. The number of alkyl halides is 2. The second kappa shape index (κ2) is 11.9. The van der Waals surface area contributed by atoms with E-state index >= 15 is 0 Å². The Labute approximate surface area is 253 Å². The standard InChI is InChI=1S/C29H33F2N7O5S/c1-18-23(19-13-33-36(2)15-19)14-32-25(37-10-5-8-29(30,31)9-11-37)24(18)27(40)34-21-6-4-7-22(12-21)44(3,43)35-26(39)20-16-38(17-20)28(41)42/h4,6-7,12-15,20H,5,8-11,16-17H2,1-3H3,(H,34,40)(H,41,42). The van der Waals surface area contributed by atoms with E-state index in [2.05, 4.69) is 19.8 Å². The second-order valence-corrected chi connectivity index (χ2v) is 13.5. The lowest BCUT2D eigenvalue weighted by Crippen LogP contribution is -2.52. The van der Waals surface area contributed by atoms with Gasteiger partial charge in [-0.1, -0.05) is 6.07 Å². The van der Waals surface area contributed by atoms with Crippen LogP contribution in [0.5, 0.6) is 0 Å². The molecule has 2 aliphatic heterocycles. The SMILES string of the molecule is Cc1c(-c2cnn(C)c2)cnc(N2CCCC(F)(F)CC2)c1C(=O)Nc1cccc(S(C)(=O)=NC(=O)C2CN(C(=O)O)C2)c1. The summed E-state index contributed by atoms with van der Waals surface area (Å²) in [5, 5.41) is 16.0. The minimum atomic E-state index is -3.22. The summed E-state index contributed by atoms with van der Waals surface area (Å²) in [6.45, 7) is 2.08. The van der Waals surface area contributed by atoms with Gasteiger partial charge in [0.2, 0.25) is 5.92 Å². The monoisotopic (exact) mass is 629 g/mol. The van der Waals surface area contributed by atoms with Crippen LogP contribution in [0.4, 0.5) is 25.1 Å². The number of benzene rings is 1. The molecule has 2 N–H and O–H groups in total. The smallest absolute Gasteiger partial charge is 0.407 e. The third-order valence-corrected chi connectivity index (χ3v) is 9.53. The fourth-order valence-electron chi connectivity index (χ4n) is 5.32. The Hall–Kier alpha value is -4.40. The van der Waals surface area contributed by atoms with E-state index in [1.807, 2.05) is 0 Å². The molecule has 0 radical (unpaired) electrons. The Kier molecular flexibility index (Phi) is 8.42. The molecule has 2 aromatic heterocycles. The molecule has 2 saturated heterocycles. The Morgan fingerprint density at radius 1 is 1.16 bits per heavy atom. The van der Waals surface area contributed by atoms with Gasteiger partial charge < -0.3 is 20.2 Å². The van der Waals surface area contributed by atoms with Gasteiger partial charge >= 0.3 is 6.09 Å². The molecule has 3 amide bonds. The summed E-state index contributed by atoms with van der Waals surface area (Å²) in [6.07, 6.45) is 4.85. The van der Waals surface area contributed by atoms with Gasteiger partial charge in [0.05, 0.1) is 27.4 Å². The molecular weight excluding hydrogens is 596 g/mol. The summed E-state index contributed by atoms with van der Waals surface area (Å²) in [5.41, 5.74) is 2.48. The first-order valence-electron chi connectivity index (χ1n) is 14.0. The molecule has 15 heteroatoms. The summed E-state index contributed by atoms with van der Waals surface area (Å²) in [6, 6.07) is 6.15. The molecule has 3 aromatic rings. The predicted octanol–water partition coefficient (Wildman–Crippen LogP) is 4.26. The predicted molar refractivity (Wildman–Crippen MR) is 159 cm³/mol. The van der Waals surface area contributed by atoms with Gasteiger partial charge in [0.1, 0.15) is 5.82 Å². The number of carbonyl (C=O) groups is 3. The number of hydrogen-bond donors (Lipinski definition) is 2. The summed E-state index contributed by atoms with van der Waals surface area (Å²) in [7, 11) is -1.46. The van der Waals surface area contributed by atoms with E-state index in [0.717, 1.165) is 10.5 Å². The van der Waals surface area contributed by atoms with Crippen LogP contribution in [0.2, 0.25) is 0 Å². The largest absolute Gasteiger partial charge is 0.465 e. The summed E-state index contributed by atoms with van der Waals surface area (Å²) in [4.78, 5) is 45.0. The fourth-order valence-corrected chi connectivity index (χ4v) is 6.60. The van der Waals surface area contributed by atoms with Crippen molar-refractivity contribution in [1.29, 1.82) is 0 Å². The van der Waals surface area contributed by atoms with E-state index < -0.39 is 39.5 Å². The fraction of sp³-hybridized carbons (Fsp3) is 0.414. The Balaban J connectivity index is 1.45. The van der Waals surface area contributed by atoms with Crippen LogP contribution >= 0.6 is 0 Å². The van der Waals surface area contributed by atoms with Gasteiger partial charge in [-0.25, -0.2) is 22.8 Å². The van der Waals surface area contributed by atoms with E-state index in [1.165, 1.54) is 18.4 Å². The molecule has 2 fully saturated rings. The number of likely N-dealkylation sites (tertiary alicyclic amines) is 1. The highest BCUT2D eigenvalue weighted by Crippen LogP contribution is 2.35. The molecule has 0 bridgehead atoms. The average molecular weight is 630 g/mol. The zero-order chi connectivity index (χ0) is 31.8. The van der Waals surface area contributed by atoms with Crippen molar-refractivity contribution in [3.63, 3.8) is 0 Å². The molecule has 2 aliphatic rings. The molecule has 5 rings (SSSR count). The third-order valence-electron chi connectivity index (χ3n) is 7.87. The van der Waals surface area contributed by atoms with E-state index in [-0.39, 0.29) is 60.9 Å². The number of nitrogens with zero attached hydrogens (tertiary/aromatic N) is 6. The second-order valence-electron chi connectivity index (χ2n) is 11.2. The molecule has 44 heavy (non-hydrogen) atoms. The lowest BCUT2D eigenvalue weighted by molar-refractivity contribution is -0.125. The first-order valence-corrected chi connectivity index (χ1v) is 15.9. The number of amides is 3. The van der Waals surface area contributed by atoms with Gasteiger partial charge in [-0.15, -0.1) is 0 Å². The number of anilines is 2. The third kappa shape index (κ3) is 6.56. The topological polar surface area (TPSA) is 150 Å². The molecule has 1 unspecified atom stereocenters. The highest BCUT2D eigenvalue weighted by Gasteiger charge is 2.36. The Morgan fingerprint density at radius 3 is 2.59 bits per heavy atom. The van der Waals surface area contributed by atoms with Crippen LogP contribution in [0.1, 0.15) is 35.2 Å². The minimum absolute atomic E-state index is 0.00816. The van der Waals surface area contributed by atoms with Crippen LogP contribution in [0.3, 0.4) is 0 Å². The van der Waals surface area contributed by atoms with Gasteiger partial charge in [-0.05, 0) is 37.1 Å². The minimum Gasteiger partial charge on any atom is -0.465 e. The van der Waals surface area contributed by atoms with E-state index in [0.29, 0.717) is 17.7 Å². The number of aromatic nitrogens is 3. The van der Waals surface area contributed by atoms with Crippen LogP contribution in [-0.2, 0) is 21.6 Å². The van der Waals surface area contributed by atoms with Gasteiger partial charge in [0.25, 0.3) is 11.8 Å². The quantitative estimate of drug-likeness (QED) is 0.411. The number of hydrogen-bond acceptors (Lipinski definition) is 7. The van der Waals surface area contributed by atoms with Crippen molar-refractivity contribution in [2.75, 3.05) is 42.7 Å². The molecule has 1 aromatic carbocycles. The first-order chi connectivity index (χ1) is 20.7. The lowest BCUT2D eigenvalue weighted by Gasteiger charge is -2.34. The normalized spacial score (nSPS) is 18.1. The van der Waals surface area contributed by atoms with Gasteiger partial charge in [0.15, 0.2) is 0 Å². The Morgan fingerprint density at radius 2 is 1.91 bits per heavy atom. The number of nitrogens with one attached hydrogen (secondary N) is 1. The number of rotatable bonds is 6. The van der Waals surface area contributed by atoms with Crippen molar-refractivity contribution in [3.8, 4) is 11.1 Å². The molecule has 1 atom stereocenters. The van der Waals surface area contributed by atoms with Gasteiger partial charge in [0, 0.05) is 86.4 Å². The highest BCUT2D eigenvalue weighted by atomic mass is 32.2.